The van der Waals surface area contributed by atoms with Gasteiger partial charge in [-0.1, -0.05) is 68.1 Å². The Morgan fingerprint density at radius 1 is 1.07 bits per heavy atom. The van der Waals surface area contributed by atoms with Crippen LogP contribution in [0, 0.1) is 0 Å². The van der Waals surface area contributed by atoms with Gasteiger partial charge >= 0.3 is 0 Å². The van der Waals surface area contributed by atoms with Crippen LogP contribution in [0.4, 0.5) is 0 Å². The molecule has 0 unspecified atom stereocenters. The lowest BCUT2D eigenvalue weighted by atomic mass is 10.2. The van der Waals surface area contributed by atoms with Crippen LogP contribution in [0.1, 0.15) is 24.2 Å². The number of benzene rings is 2. The maximum Gasteiger partial charge on any atom is 0.243 e. The number of ketones is 1. The average molecular weight is 446 g/mol. The van der Waals surface area contributed by atoms with Gasteiger partial charge in [0.1, 0.15) is 0 Å². The first-order valence-corrected chi connectivity index (χ1v) is 11.8. The Labute approximate surface area is 180 Å². The van der Waals surface area contributed by atoms with Crippen molar-refractivity contribution in [1.29, 1.82) is 0 Å². The predicted molar refractivity (Wildman–Crippen MR) is 117 cm³/mol. The Bertz CT molecular complexity index is 1130. The first kappa shape index (κ1) is 22.0. The molecule has 2 N–H and O–H groups in total. The number of nitrogens with zero attached hydrogens (tertiary/aromatic N) is 4. The minimum absolute atomic E-state index is 0.0440. The second-order valence-electron chi connectivity index (χ2n) is 6.37. The summed E-state index contributed by atoms with van der Waals surface area (Å²) in [7, 11) is -3.60. The summed E-state index contributed by atoms with van der Waals surface area (Å²) in [5.74, 6) is 6.57. The third-order valence-corrected chi connectivity index (χ3v) is 7.52. The molecule has 8 nitrogen and oxygen atoms in total. The molecule has 158 valence electrons. The van der Waals surface area contributed by atoms with Crippen molar-refractivity contribution in [2.45, 2.75) is 23.9 Å². The molecule has 0 saturated heterocycles. The zero-order valence-electron chi connectivity index (χ0n) is 16.7. The molecule has 1 heterocycles. The number of nitrogen functional groups attached to an aromatic ring is 1. The van der Waals surface area contributed by atoms with Crippen molar-refractivity contribution in [1.82, 2.24) is 19.2 Å². The fraction of sp³-hybridized carbons (Fsp3) is 0.250. The van der Waals surface area contributed by atoms with Gasteiger partial charge in [-0.15, -0.1) is 10.2 Å². The maximum atomic E-state index is 12.8. The molecule has 0 aliphatic heterocycles. The molecular formula is C20H23N5O3S2. The van der Waals surface area contributed by atoms with Crippen LogP contribution in [0.3, 0.4) is 0 Å². The van der Waals surface area contributed by atoms with Crippen LogP contribution in [0.15, 0.2) is 64.6 Å². The summed E-state index contributed by atoms with van der Waals surface area (Å²) < 4.78 is 28.2. The van der Waals surface area contributed by atoms with Gasteiger partial charge in [0.25, 0.3) is 0 Å². The van der Waals surface area contributed by atoms with Crippen molar-refractivity contribution in [2.24, 2.45) is 0 Å². The van der Waals surface area contributed by atoms with E-state index in [1.54, 1.807) is 56.3 Å². The maximum absolute atomic E-state index is 12.8. The minimum atomic E-state index is -3.60. The number of nitrogens with two attached hydrogens (primary N) is 1. The van der Waals surface area contributed by atoms with E-state index in [4.69, 9.17) is 5.84 Å². The normalized spacial score (nSPS) is 11.7. The van der Waals surface area contributed by atoms with Crippen LogP contribution in [-0.2, 0) is 10.0 Å². The standard InChI is InChI=1S/C20H23N5O3S2/c1-3-24(4-2)30(27,28)17-12-8-11-16(13-17)19-22-23-20(25(19)21)29-14-18(26)15-9-6-5-7-10-15/h5-13H,3-4,14,21H2,1-2H3. The second-order valence-corrected chi connectivity index (χ2v) is 9.25. The molecule has 0 atom stereocenters. The molecule has 0 aliphatic rings. The van der Waals surface area contributed by atoms with Crippen LogP contribution in [-0.4, -0.2) is 52.2 Å². The van der Waals surface area contributed by atoms with E-state index in [1.165, 1.54) is 26.8 Å². The summed E-state index contributed by atoms with van der Waals surface area (Å²) in [6.45, 7) is 4.35. The lowest BCUT2D eigenvalue weighted by Gasteiger charge is -2.18. The van der Waals surface area contributed by atoms with Gasteiger partial charge in [-0.3, -0.25) is 4.79 Å². The Morgan fingerprint density at radius 3 is 2.43 bits per heavy atom. The van der Waals surface area contributed by atoms with E-state index in [0.29, 0.717) is 35.2 Å². The van der Waals surface area contributed by atoms with E-state index in [-0.39, 0.29) is 16.4 Å². The molecule has 0 aliphatic carbocycles. The molecule has 2 aromatic carbocycles. The number of aromatic nitrogens is 3. The topological polar surface area (TPSA) is 111 Å². The van der Waals surface area contributed by atoms with E-state index >= 15 is 0 Å². The number of hydrogen-bond donors (Lipinski definition) is 1. The molecule has 3 aromatic rings. The summed E-state index contributed by atoms with van der Waals surface area (Å²) in [5, 5.41) is 8.52. The first-order chi connectivity index (χ1) is 14.4. The molecule has 0 amide bonds. The van der Waals surface area contributed by atoms with Crippen molar-refractivity contribution in [3.8, 4) is 11.4 Å². The number of rotatable bonds is 9. The zero-order chi connectivity index (χ0) is 21.7. The van der Waals surface area contributed by atoms with Crippen LogP contribution in [0.25, 0.3) is 11.4 Å². The van der Waals surface area contributed by atoms with Gasteiger partial charge in [0.2, 0.25) is 15.2 Å². The summed E-state index contributed by atoms with van der Waals surface area (Å²) in [6, 6.07) is 15.4. The number of Topliss-reactive ketones (excluding diaryl/α,β-unsaturated/α-hetero) is 1. The molecule has 0 radical (unpaired) electrons. The Hall–Kier alpha value is -2.69. The molecule has 0 spiro atoms. The predicted octanol–water partition coefficient (Wildman–Crippen LogP) is 2.66. The van der Waals surface area contributed by atoms with Crippen LogP contribution in [0.2, 0.25) is 0 Å². The van der Waals surface area contributed by atoms with Crippen molar-refractivity contribution in [3.05, 3.63) is 60.2 Å². The SMILES string of the molecule is CCN(CC)S(=O)(=O)c1cccc(-c2nnc(SCC(=O)c3ccccc3)n2N)c1. The fourth-order valence-corrected chi connectivity index (χ4v) is 5.17. The third-order valence-electron chi connectivity index (χ3n) is 4.53. The van der Waals surface area contributed by atoms with Gasteiger partial charge in [0.15, 0.2) is 11.6 Å². The van der Waals surface area contributed by atoms with E-state index < -0.39 is 10.0 Å². The summed E-state index contributed by atoms with van der Waals surface area (Å²) in [5.41, 5.74) is 1.14. The fourth-order valence-electron chi connectivity index (χ4n) is 2.92. The van der Waals surface area contributed by atoms with Crippen molar-refractivity contribution >= 4 is 27.6 Å². The lowest BCUT2D eigenvalue weighted by molar-refractivity contribution is 0.102. The van der Waals surface area contributed by atoms with E-state index in [2.05, 4.69) is 10.2 Å². The Kier molecular flexibility index (Phi) is 6.91. The summed E-state index contributed by atoms with van der Waals surface area (Å²) in [6.07, 6.45) is 0. The van der Waals surface area contributed by atoms with Gasteiger partial charge in [-0.05, 0) is 12.1 Å². The number of thioether (sulfide) groups is 1. The van der Waals surface area contributed by atoms with Crippen LogP contribution >= 0.6 is 11.8 Å². The van der Waals surface area contributed by atoms with Gasteiger partial charge in [-0.2, -0.15) is 4.31 Å². The molecule has 10 heteroatoms. The Morgan fingerprint density at radius 2 is 1.77 bits per heavy atom. The zero-order valence-corrected chi connectivity index (χ0v) is 18.4. The quantitative estimate of drug-likeness (QED) is 0.306. The van der Waals surface area contributed by atoms with Crippen molar-refractivity contribution < 1.29 is 13.2 Å². The van der Waals surface area contributed by atoms with Gasteiger partial charge in [0, 0.05) is 24.2 Å². The second kappa shape index (κ2) is 9.41. The highest BCUT2D eigenvalue weighted by molar-refractivity contribution is 7.99. The highest BCUT2D eigenvalue weighted by atomic mass is 32.2. The summed E-state index contributed by atoms with van der Waals surface area (Å²) in [4.78, 5) is 12.5. The van der Waals surface area contributed by atoms with Crippen LogP contribution < -0.4 is 5.84 Å². The smallest absolute Gasteiger partial charge is 0.243 e. The van der Waals surface area contributed by atoms with Crippen LogP contribution in [0.5, 0.6) is 0 Å². The molecule has 0 bridgehead atoms. The molecule has 0 fully saturated rings. The van der Waals surface area contributed by atoms with Gasteiger partial charge in [0.05, 0.1) is 10.6 Å². The number of carbonyl (C=O) groups is 1. The molecule has 0 saturated carbocycles. The third kappa shape index (κ3) is 4.55. The first-order valence-electron chi connectivity index (χ1n) is 9.40. The molecule has 30 heavy (non-hydrogen) atoms. The van der Waals surface area contributed by atoms with E-state index in [0.717, 1.165) is 0 Å². The van der Waals surface area contributed by atoms with Gasteiger partial charge < -0.3 is 5.84 Å². The monoisotopic (exact) mass is 445 g/mol. The largest absolute Gasteiger partial charge is 0.335 e. The molecule has 3 rings (SSSR count). The number of hydrogen-bond acceptors (Lipinski definition) is 7. The van der Waals surface area contributed by atoms with Gasteiger partial charge in [-0.25, -0.2) is 13.1 Å². The summed E-state index contributed by atoms with van der Waals surface area (Å²) >= 11 is 1.18. The molecule has 1 aromatic heterocycles. The minimum Gasteiger partial charge on any atom is -0.335 e. The van der Waals surface area contributed by atoms with Crippen molar-refractivity contribution in [3.63, 3.8) is 0 Å². The van der Waals surface area contributed by atoms with E-state index in [1.807, 2.05) is 6.07 Å². The Balaban J connectivity index is 1.81. The van der Waals surface area contributed by atoms with E-state index in [9.17, 15) is 13.2 Å². The average Bonchev–Trinajstić information content (AvgIpc) is 3.13. The van der Waals surface area contributed by atoms with Crippen molar-refractivity contribution in [2.75, 3.05) is 24.7 Å². The lowest BCUT2D eigenvalue weighted by Crippen LogP contribution is -2.30. The highest BCUT2D eigenvalue weighted by Gasteiger charge is 2.23. The molecular weight excluding hydrogens is 422 g/mol. The number of sulfonamides is 1. The highest BCUT2D eigenvalue weighted by Crippen LogP contribution is 2.25. The number of carbonyl (C=O) groups excluding carboxylic acids is 1.